The third kappa shape index (κ3) is 4.26. The third-order valence-corrected chi connectivity index (χ3v) is 6.07. The zero-order chi connectivity index (χ0) is 22.3. The van der Waals surface area contributed by atoms with E-state index in [4.69, 9.17) is 16.3 Å². The lowest BCUT2D eigenvalue weighted by Crippen LogP contribution is -2.67. The second-order valence-electron chi connectivity index (χ2n) is 9.30. The van der Waals surface area contributed by atoms with Crippen LogP contribution < -0.4 is 0 Å². The number of amides is 3. The number of β-lactam (4-membered cyclic amide) rings is 1. The summed E-state index contributed by atoms with van der Waals surface area (Å²) in [6, 6.07) is 7.21. The fourth-order valence-electron chi connectivity index (χ4n) is 4.25. The monoisotopic (exact) mass is 435 g/mol. The van der Waals surface area contributed by atoms with Gasteiger partial charge in [0, 0.05) is 32.2 Å². The number of rotatable bonds is 3. The Kier molecular flexibility index (Phi) is 6.05. The number of carbonyl (C=O) groups is 3. The van der Waals surface area contributed by atoms with Gasteiger partial charge in [0.15, 0.2) is 0 Å². The van der Waals surface area contributed by atoms with Crippen molar-refractivity contribution in [2.45, 2.75) is 45.3 Å². The second kappa shape index (κ2) is 8.10. The summed E-state index contributed by atoms with van der Waals surface area (Å²) in [7, 11) is 3.36. The molecule has 2 saturated heterocycles. The predicted molar refractivity (Wildman–Crippen MR) is 114 cm³/mol. The van der Waals surface area contributed by atoms with Crippen LogP contribution in [-0.2, 0) is 14.3 Å². The normalized spacial score (nSPS) is 20.7. The highest BCUT2D eigenvalue weighted by atomic mass is 35.5. The van der Waals surface area contributed by atoms with E-state index in [2.05, 4.69) is 0 Å². The summed E-state index contributed by atoms with van der Waals surface area (Å²) in [6.45, 7) is 6.43. The highest BCUT2D eigenvalue weighted by molar-refractivity contribution is 6.30. The van der Waals surface area contributed by atoms with Crippen molar-refractivity contribution in [3.63, 3.8) is 0 Å². The molecule has 30 heavy (non-hydrogen) atoms. The van der Waals surface area contributed by atoms with Gasteiger partial charge >= 0.3 is 6.09 Å². The zero-order valence-electron chi connectivity index (χ0n) is 18.3. The molecule has 1 aromatic carbocycles. The van der Waals surface area contributed by atoms with Crippen molar-refractivity contribution >= 4 is 29.5 Å². The molecule has 3 amide bonds. The molecule has 0 N–H and O–H groups in total. The van der Waals surface area contributed by atoms with E-state index in [1.54, 1.807) is 36.0 Å². The SMILES string of the molecule is CN(C)C(=O)CN1C(=O)C2(CCN(C(=O)OC(C)(C)C)CC2)C1c1ccc(Cl)cc1. The van der Waals surface area contributed by atoms with Gasteiger partial charge in [-0.05, 0) is 51.3 Å². The number of nitrogens with zero attached hydrogens (tertiary/aromatic N) is 3. The Morgan fingerprint density at radius 3 is 2.23 bits per heavy atom. The molecule has 0 aliphatic carbocycles. The molecule has 0 aromatic heterocycles. The average molecular weight is 436 g/mol. The van der Waals surface area contributed by atoms with Crippen molar-refractivity contribution < 1.29 is 19.1 Å². The Morgan fingerprint density at radius 1 is 1.17 bits per heavy atom. The van der Waals surface area contributed by atoms with Crippen LogP contribution in [0.15, 0.2) is 24.3 Å². The van der Waals surface area contributed by atoms with Crippen LogP contribution in [0.3, 0.4) is 0 Å². The molecule has 2 aliphatic rings. The van der Waals surface area contributed by atoms with Gasteiger partial charge in [0.2, 0.25) is 11.8 Å². The largest absolute Gasteiger partial charge is 0.444 e. The first-order valence-electron chi connectivity index (χ1n) is 10.2. The molecule has 0 saturated carbocycles. The molecule has 164 valence electrons. The number of benzene rings is 1. The quantitative estimate of drug-likeness (QED) is 0.683. The summed E-state index contributed by atoms with van der Waals surface area (Å²) in [6.07, 6.45) is 0.711. The second-order valence-corrected chi connectivity index (χ2v) is 9.74. The third-order valence-electron chi connectivity index (χ3n) is 5.82. The molecule has 2 heterocycles. The standard InChI is InChI=1S/C22H30ClN3O4/c1-21(2,3)30-20(29)25-12-10-22(11-13-25)18(15-6-8-16(23)9-7-15)26(19(22)28)14-17(27)24(4)5/h6-9,18H,10-14H2,1-5H3. The summed E-state index contributed by atoms with van der Waals surface area (Å²) in [5.74, 6) is -0.148. The number of hydrogen-bond acceptors (Lipinski definition) is 4. The van der Waals surface area contributed by atoms with Crippen LogP contribution in [0.1, 0.15) is 45.2 Å². The van der Waals surface area contributed by atoms with Crippen LogP contribution in [-0.4, -0.2) is 71.9 Å². The van der Waals surface area contributed by atoms with Crippen molar-refractivity contribution in [3.05, 3.63) is 34.9 Å². The molecule has 2 fully saturated rings. The number of carbonyl (C=O) groups excluding carboxylic acids is 3. The van der Waals surface area contributed by atoms with E-state index >= 15 is 0 Å². The van der Waals surface area contributed by atoms with Crippen LogP contribution in [0.2, 0.25) is 5.02 Å². The number of ether oxygens (including phenoxy) is 1. The van der Waals surface area contributed by atoms with Crippen LogP contribution in [0.4, 0.5) is 4.79 Å². The number of likely N-dealkylation sites (N-methyl/N-ethyl adjacent to an activating group) is 1. The molecule has 1 aromatic rings. The summed E-state index contributed by atoms with van der Waals surface area (Å²) in [4.78, 5) is 42.8. The van der Waals surface area contributed by atoms with Gasteiger partial charge in [0.25, 0.3) is 0 Å². The molecular formula is C22H30ClN3O4. The topological polar surface area (TPSA) is 70.2 Å². The molecule has 8 heteroatoms. The summed E-state index contributed by atoms with van der Waals surface area (Å²) in [5.41, 5.74) is -0.219. The minimum Gasteiger partial charge on any atom is -0.444 e. The van der Waals surface area contributed by atoms with E-state index in [-0.39, 0.29) is 30.5 Å². The molecule has 0 radical (unpaired) electrons. The number of halogens is 1. The Morgan fingerprint density at radius 2 is 1.73 bits per heavy atom. The Bertz CT molecular complexity index is 824. The molecule has 7 nitrogen and oxygen atoms in total. The number of piperidine rings is 1. The maximum absolute atomic E-state index is 13.2. The Balaban J connectivity index is 1.81. The summed E-state index contributed by atoms with van der Waals surface area (Å²) < 4.78 is 5.48. The van der Waals surface area contributed by atoms with Gasteiger partial charge in [-0.1, -0.05) is 23.7 Å². The van der Waals surface area contributed by atoms with Gasteiger partial charge in [-0.15, -0.1) is 0 Å². The van der Waals surface area contributed by atoms with E-state index in [1.807, 2.05) is 32.9 Å². The lowest BCUT2D eigenvalue weighted by atomic mass is 9.62. The Labute approximate surface area is 182 Å². The van der Waals surface area contributed by atoms with Crippen molar-refractivity contribution in [3.8, 4) is 0 Å². The van der Waals surface area contributed by atoms with E-state index in [0.717, 1.165) is 5.56 Å². The van der Waals surface area contributed by atoms with Gasteiger partial charge in [0.1, 0.15) is 12.1 Å². The fourth-order valence-corrected chi connectivity index (χ4v) is 4.37. The van der Waals surface area contributed by atoms with Crippen molar-refractivity contribution in [2.24, 2.45) is 5.41 Å². The van der Waals surface area contributed by atoms with Gasteiger partial charge < -0.3 is 19.4 Å². The predicted octanol–water partition coefficient (Wildman–Crippen LogP) is 3.33. The van der Waals surface area contributed by atoms with E-state index < -0.39 is 11.0 Å². The summed E-state index contributed by atoms with van der Waals surface area (Å²) in [5, 5.41) is 0.620. The smallest absolute Gasteiger partial charge is 0.410 e. The molecule has 1 atom stereocenters. The van der Waals surface area contributed by atoms with Gasteiger partial charge in [-0.3, -0.25) is 9.59 Å². The van der Waals surface area contributed by atoms with E-state index in [0.29, 0.717) is 31.0 Å². The first-order chi connectivity index (χ1) is 13.9. The van der Waals surface area contributed by atoms with Crippen LogP contribution in [0.25, 0.3) is 0 Å². The first-order valence-corrected chi connectivity index (χ1v) is 10.6. The summed E-state index contributed by atoms with van der Waals surface area (Å²) >= 11 is 6.05. The van der Waals surface area contributed by atoms with E-state index in [1.165, 1.54) is 4.90 Å². The number of hydrogen-bond donors (Lipinski definition) is 0. The minimum atomic E-state index is -0.612. The van der Waals surface area contributed by atoms with E-state index in [9.17, 15) is 14.4 Å². The molecular weight excluding hydrogens is 406 g/mol. The van der Waals surface area contributed by atoms with Gasteiger partial charge in [-0.2, -0.15) is 0 Å². The molecule has 1 unspecified atom stereocenters. The highest BCUT2D eigenvalue weighted by Gasteiger charge is 2.62. The first kappa shape index (κ1) is 22.4. The maximum Gasteiger partial charge on any atom is 0.410 e. The minimum absolute atomic E-state index is 0.0264. The molecule has 2 aliphatic heterocycles. The highest BCUT2D eigenvalue weighted by Crippen LogP contribution is 2.56. The zero-order valence-corrected chi connectivity index (χ0v) is 19.0. The lowest BCUT2D eigenvalue weighted by Gasteiger charge is -2.58. The fraction of sp³-hybridized carbons (Fsp3) is 0.591. The van der Waals surface area contributed by atoms with Gasteiger partial charge in [0.05, 0.1) is 11.5 Å². The van der Waals surface area contributed by atoms with Crippen LogP contribution in [0, 0.1) is 5.41 Å². The molecule has 1 spiro atoms. The van der Waals surface area contributed by atoms with Crippen molar-refractivity contribution in [1.82, 2.24) is 14.7 Å². The van der Waals surface area contributed by atoms with Gasteiger partial charge in [-0.25, -0.2) is 4.79 Å². The van der Waals surface area contributed by atoms with Crippen LogP contribution >= 0.6 is 11.6 Å². The van der Waals surface area contributed by atoms with Crippen molar-refractivity contribution in [1.29, 1.82) is 0 Å². The average Bonchev–Trinajstić information content (AvgIpc) is 2.67. The Hall–Kier alpha value is -2.28. The molecule has 0 bridgehead atoms. The number of likely N-dealkylation sites (tertiary alicyclic amines) is 2. The maximum atomic E-state index is 13.2. The molecule has 3 rings (SSSR count). The van der Waals surface area contributed by atoms with Crippen LogP contribution in [0.5, 0.6) is 0 Å². The van der Waals surface area contributed by atoms with Crippen molar-refractivity contribution in [2.75, 3.05) is 33.7 Å². The lowest BCUT2D eigenvalue weighted by molar-refractivity contribution is -0.182.